The Balaban J connectivity index is 3.12. The molecule has 0 heterocycles. The molecule has 1 rings (SSSR count). The maximum atomic E-state index is 12.6. The molecule has 0 saturated carbocycles. The summed E-state index contributed by atoms with van der Waals surface area (Å²) in [5.41, 5.74) is 5.05. The summed E-state index contributed by atoms with van der Waals surface area (Å²) < 4.78 is 12.6. The van der Waals surface area contributed by atoms with Crippen LogP contribution in [0.15, 0.2) is 18.2 Å². The van der Waals surface area contributed by atoms with Crippen LogP contribution in [-0.4, -0.2) is 16.2 Å². The number of nitrogens with two attached hydrogens (primary N) is 1. The van der Waals surface area contributed by atoms with Crippen molar-refractivity contribution in [3.05, 3.63) is 29.6 Å². The van der Waals surface area contributed by atoms with Gasteiger partial charge in [0.1, 0.15) is 17.6 Å². The number of phenols is 1. The molecule has 1 unspecified atom stereocenters. The highest BCUT2D eigenvalue weighted by Crippen LogP contribution is 2.23. The van der Waals surface area contributed by atoms with Gasteiger partial charge >= 0.3 is 5.97 Å². The van der Waals surface area contributed by atoms with Crippen LogP contribution in [0.5, 0.6) is 5.75 Å². The largest absolute Gasteiger partial charge is 0.508 e. The molecule has 0 bridgehead atoms. The molecule has 1 atom stereocenters. The maximum absolute atomic E-state index is 12.6. The molecule has 0 amide bonds. The summed E-state index contributed by atoms with van der Waals surface area (Å²) in [5.74, 6) is -2.28. The van der Waals surface area contributed by atoms with Crippen LogP contribution >= 0.6 is 0 Å². The topological polar surface area (TPSA) is 83.6 Å². The molecule has 0 aliphatic heterocycles. The number of rotatable bonds is 2. The van der Waals surface area contributed by atoms with Gasteiger partial charge in [0.25, 0.3) is 0 Å². The molecular formula is C8H8FNO3. The van der Waals surface area contributed by atoms with Gasteiger partial charge in [-0.3, -0.25) is 4.79 Å². The van der Waals surface area contributed by atoms with Gasteiger partial charge in [-0.1, -0.05) is 0 Å². The molecule has 1 aromatic rings. The quantitative estimate of drug-likeness (QED) is 0.630. The summed E-state index contributed by atoms with van der Waals surface area (Å²) in [7, 11) is 0. The van der Waals surface area contributed by atoms with Crippen molar-refractivity contribution in [2.45, 2.75) is 6.04 Å². The van der Waals surface area contributed by atoms with Gasteiger partial charge in [-0.15, -0.1) is 0 Å². The van der Waals surface area contributed by atoms with Crippen molar-refractivity contribution < 1.29 is 19.4 Å². The van der Waals surface area contributed by atoms with E-state index in [0.717, 1.165) is 18.2 Å². The van der Waals surface area contributed by atoms with Crippen molar-refractivity contribution >= 4 is 5.97 Å². The lowest BCUT2D eigenvalue weighted by molar-refractivity contribution is -0.138. The Kier molecular flexibility index (Phi) is 2.48. The number of phenolic OH excluding ortho intramolecular Hbond substituents is 1. The number of carbonyl (C=O) groups is 1. The highest BCUT2D eigenvalue weighted by Gasteiger charge is 2.18. The van der Waals surface area contributed by atoms with Crippen LogP contribution in [-0.2, 0) is 4.79 Å². The summed E-state index contributed by atoms with van der Waals surface area (Å²) in [5, 5.41) is 17.6. The Morgan fingerprint density at radius 2 is 2.15 bits per heavy atom. The van der Waals surface area contributed by atoms with Crippen molar-refractivity contribution in [1.82, 2.24) is 0 Å². The zero-order valence-corrected chi connectivity index (χ0v) is 6.57. The fourth-order valence-corrected chi connectivity index (χ4v) is 0.908. The van der Waals surface area contributed by atoms with Crippen molar-refractivity contribution in [1.29, 1.82) is 0 Å². The van der Waals surface area contributed by atoms with Crippen LogP contribution in [0.25, 0.3) is 0 Å². The van der Waals surface area contributed by atoms with Crippen LogP contribution in [0.3, 0.4) is 0 Å². The second-order valence-electron chi connectivity index (χ2n) is 2.52. The van der Waals surface area contributed by atoms with Crippen LogP contribution < -0.4 is 5.73 Å². The Labute approximate surface area is 73.4 Å². The zero-order chi connectivity index (χ0) is 10.0. The summed E-state index contributed by atoms with van der Waals surface area (Å²) in [6.45, 7) is 0. The maximum Gasteiger partial charge on any atom is 0.325 e. The number of aromatic hydroxyl groups is 1. The van der Waals surface area contributed by atoms with E-state index in [1.807, 2.05) is 0 Å². The SMILES string of the molecule is NC(C(=O)O)c1cc(F)ccc1O. The Morgan fingerprint density at radius 1 is 1.54 bits per heavy atom. The third kappa shape index (κ3) is 1.94. The highest BCUT2D eigenvalue weighted by atomic mass is 19.1. The number of carboxylic acids is 1. The summed E-state index contributed by atoms with van der Waals surface area (Å²) in [4.78, 5) is 10.4. The molecule has 0 fully saturated rings. The number of hydrogen-bond donors (Lipinski definition) is 3. The van der Waals surface area contributed by atoms with Crippen molar-refractivity contribution in [3.63, 3.8) is 0 Å². The van der Waals surface area contributed by atoms with Gasteiger partial charge in [-0.2, -0.15) is 0 Å². The zero-order valence-electron chi connectivity index (χ0n) is 6.57. The Hall–Kier alpha value is -1.62. The lowest BCUT2D eigenvalue weighted by Gasteiger charge is -2.08. The molecular weight excluding hydrogens is 177 g/mol. The summed E-state index contributed by atoms with van der Waals surface area (Å²) in [6.07, 6.45) is 0. The molecule has 13 heavy (non-hydrogen) atoms. The van der Waals surface area contributed by atoms with Crippen LogP contribution in [0.1, 0.15) is 11.6 Å². The lowest BCUT2D eigenvalue weighted by atomic mass is 10.1. The second-order valence-corrected chi connectivity index (χ2v) is 2.52. The van der Waals surface area contributed by atoms with Crippen LogP contribution in [0.2, 0.25) is 0 Å². The van der Waals surface area contributed by atoms with E-state index in [1.165, 1.54) is 0 Å². The van der Waals surface area contributed by atoms with Crippen LogP contribution in [0.4, 0.5) is 4.39 Å². The number of hydrogen-bond acceptors (Lipinski definition) is 3. The predicted octanol–water partition coefficient (Wildman–Crippen LogP) is 0.616. The first-order chi connectivity index (χ1) is 6.02. The molecule has 0 aliphatic rings. The number of carboxylic acid groups (broad SMARTS) is 1. The normalized spacial score (nSPS) is 12.5. The van der Waals surface area contributed by atoms with Crippen molar-refractivity contribution in [2.75, 3.05) is 0 Å². The molecule has 4 N–H and O–H groups in total. The second kappa shape index (κ2) is 3.40. The average molecular weight is 185 g/mol. The van der Waals surface area contributed by atoms with Gasteiger partial charge in [0.15, 0.2) is 0 Å². The van der Waals surface area contributed by atoms with E-state index in [1.54, 1.807) is 0 Å². The molecule has 70 valence electrons. The predicted molar refractivity (Wildman–Crippen MR) is 42.6 cm³/mol. The lowest BCUT2D eigenvalue weighted by Crippen LogP contribution is -2.20. The fraction of sp³-hybridized carbons (Fsp3) is 0.125. The highest BCUT2D eigenvalue weighted by molar-refractivity contribution is 5.76. The standard InChI is InChI=1S/C8H8FNO3/c9-4-1-2-6(11)5(3-4)7(10)8(12)13/h1-3,7,11H,10H2,(H,12,13). The minimum absolute atomic E-state index is 0.132. The van der Waals surface area contributed by atoms with Crippen molar-refractivity contribution in [3.8, 4) is 5.75 Å². The van der Waals surface area contributed by atoms with Gasteiger partial charge in [0.2, 0.25) is 0 Å². The Bertz CT molecular complexity index is 340. The van der Waals surface area contributed by atoms with E-state index in [9.17, 15) is 9.18 Å². The van der Waals surface area contributed by atoms with E-state index >= 15 is 0 Å². The van der Waals surface area contributed by atoms with Gasteiger partial charge in [0.05, 0.1) is 0 Å². The molecule has 4 nitrogen and oxygen atoms in total. The van der Waals surface area contributed by atoms with E-state index in [-0.39, 0.29) is 11.3 Å². The summed E-state index contributed by atoms with van der Waals surface area (Å²) >= 11 is 0. The summed E-state index contributed by atoms with van der Waals surface area (Å²) in [6, 6.07) is 1.57. The van der Waals surface area contributed by atoms with E-state index < -0.39 is 17.8 Å². The first-order valence-electron chi connectivity index (χ1n) is 3.49. The van der Waals surface area contributed by atoms with Gasteiger partial charge < -0.3 is 15.9 Å². The average Bonchev–Trinajstić information content (AvgIpc) is 2.08. The Morgan fingerprint density at radius 3 is 2.69 bits per heavy atom. The fourth-order valence-electron chi connectivity index (χ4n) is 0.908. The van der Waals surface area contributed by atoms with Crippen molar-refractivity contribution in [2.24, 2.45) is 5.73 Å². The third-order valence-corrected chi connectivity index (χ3v) is 1.59. The first kappa shape index (κ1) is 9.47. The van der Waals surface area contributed by atoms with Crippen LogP contribution in [0, 0.1) is 5.82 Å². The molecule has 0 spiro atoms. The van der Waals surface area contributed by atoms with Gasteiger partial charge in [0, 0.05) is 5.56 Å². The van der Waals surface area contributed by atoms with Gasteiger partial charge in [-0.25, -0.2) is 4.39 Å². The smallest absolute Gasteiger partial charge is 0.325 e. The molecule has 0 radical (unpaired) electrons. The molecule has 1 aromatic carbocycles. The first-order valence-corrected chi connectivity index (χ1v) is 3.49. The molecule has 0 saturated heterocycles. The minimum atomic E-state index is -1.41. The number of benzene rings is 1. The number of aliphatic carboxylic acids is 1. The van der Waals surface area contributed by atoms with E-state index in [4.69, 9.17) is 15.9 Å². The molecule has 5 heteroatoms. The van der Waals surface area contributed by atoms with E-state index in [0.29, 0.717) is 0 Å². The monoisotopic (exact) mass is 185 g/mol. The van der Waals surface area contributed by atoms with E-state index in [2.05, 4.69) is 0 Å². The number of halogens is 1. The molecule has 0 aliphatic carbocycles. The molecule has 0 aromatic heterocycles. The third-order valence-electron chi connectivity index (χ3n) is 1.59. The minimum Gasteiger partial charge on any atom is -0.508 e. The van der Waals surface area contributed by atoms with Gasteiger partial charge in [-0.05, 0) is 18.2 Å².